The summed E-state index contributed by atoms with van der Waals surface area (Å²) in [5, 5.41) is 33.8. The Morgan fingerprint density at radius 2 is 1.05 bits per heavy atom. The number of rotatable bonds is 5. The number of carboxylic acids is 3. The van der Waals surface area contributed by atoms with Gasteiger partial charge in [-0.1, -0.05) is 0 Å². The number of aliphatic carboxylic acids is 3. The second-order valence-corrected chi connectivity index (χ2v) is 4.02. The SMILES string of the molecule is O=C(O)CC(O)(CC(=O)O)C(=O)O.O=P(O)(O)O.[NaH].[NaH]. The number of carbonyl (C=O) groups is 3. The van der Waals surface area contributed by atoms with Crippen LogP contribution in [0.5, 0.6) is 0 Å². The van der Waals surface area contributed by atoms with Crippen LogP contribution >= 0.6 is 7.82 Å². The van der Waals surface area contributed by atoms with E-state index in [0.717, 1.165) is 0 Å². The zero-order valence-corrected chi connectivity index (χ0v) is 9.52. The van der Waals surface area contributed by atoms with E-state index in [9.17, 15) is 14.4 Å². The van der Waals surface area contributed by atoms with Gasteiger partial charge in [0.15, 0.2) is 5.60 Å². The molecule has 110 valence electrons. The molecule has 0 aromatic carbocycles. The summed E-state index contributed by atoms with van der Waals surface area (Å²) in [4.78, 5) is 52.0. The normalized spacial score (nSPS) is 10.0. The Hall–Kier alpha value is 0.480. The van der Waals surface area contributed by atoms with Crippen molar-refractivity contribution in [2.24, 2.45) is 0 Å². The van der Waals surface area contributed by atoms with Gasteiger partial charge in [-0.05, 0) is 0 Å². The predicted octanol–water partition coefficient (Wildman–Crippen LogP) is -3.47. The van der Waals surface area contributed by atoms with E-state index >= 15 is 0 Å². The van der Waals surface area contributed by atoms with E-state index in [1.807, 2.05) is 0 Å². The minimum absolute atomic E-state index is 0. The van der Waals surface area contributed by atoms with Crippen LogP contribution in [0.15, 0.2) is 0 Å². The fourth-order valence-corrected chi connectivity index (χ4v) is 0.714. The van der Waals surface area contributed by atoms with Crippen molar-refractivity contribution in [3.05, 3.63) is 0 Å². The zero-order valence-electron chi connectivity index (χ0n) is 8.62. The van der Waals surface area contributed by atoms with Gasteiger partial charge < -0.3 is 35.1 Å². The molecular formula is C6H13Na2O11P. The standard InChI is InChI=1S/C6H8O7.2Na.H3O4P.2H/c7-3(8)1-6(13,5(11)12)2-4(9)10;;;1-5(2,3)4;;/h13H,1-2H2,(H,7,8)(H,9,10)(H,11,12);;;(H3,1,2,3,4);;. The first-order valence-electron chi connectivity index (χ1n) is 3.95. The van der Waals surface area contributed by atoms with E-state index in [4.69, 9.17) is 39.7 Å². The topological polar surface area (TPSA) is 210 Å². The molecule has 0 heterocycles. The molecule has 0 saturated carbocycles. The molecule has 20 heavy (non-hydrogen) atoms. The van der Waals surface area contributed by atoms with Gasteiger partial charge in [-0.3, -0.25) is 9.59 Å². The van der Waals surface area contributed by atoms with Crippen molar-refractivity contribution in [2.45, 2.75) is 18.4 Å². The summed E-state index contributed by atoms with van der Waals surface area (Å²) in [6.07, 6.45) is -2.29. The van der Waals surface area contributed by atoms with Crippen molar-refractivity contribution in [3.63, 3.8) is 0 Å². The van der Waals surface area contributed by atoms with Gasteiger partial charge in [-0.15, -0.1) is 0 Å². The summed E-state index contributed by atoms with van der Waals surface area (Å²) in [5.41, 5.74) is -2.74. The first-order valence-corrected chi connectivity index (χ1v) is 5.52. The molecule has 0 fully saturated rings. The summed E-state index contributed by atoms with van der Waals surface area (Å²) >= 11 is 0. The monoisotopic (exact) mass is 338 g/mol. The van der Waals surface area contributed by atoms with E-state index in [0.29, 0.717) is 0 Å². The third-order valence-electron chi connectivity index (χ3n) is 1.29. The Morgan fingerprint density at radius 1 is 0.850 bits per heavy atom. The van der Waals surface area contributed by atoms with E-state index in [1.54, 1.807) is 0 Å². The summed E-state index contributed by atoms with van der Waals surface area (Å²) in [6.45, 7) is 0. The second kappa shape index (κ2) is 12.1. The Kier molecular flexibility index (Phi) is 17.3. The number of aliphatic hydroxyl groups is 1. The molecule has 11 nitrogen and oxygen atoms in total. The van der Waals surface area contributed by atoms with Crippen LogP contribution in [0.2, 0.25) is 0 Å². The van der Waals surface area contributed by atoms with Crippen LogP contribution in [0.25, 0.3) is 0 Å². The maximum atomic E-state index is 10.3. The van der Waals surface area contributed by atoms with Gasteiger partial charge in [0, 0.05) is 0 Å². The van der Waals surface area contributed by atoms with Crippen LogP contribution < -0.4 is 0 Å². The van der Waals surface area contributed by atoms with Gasteiger partial charge in [0.05, 0.1) is 12.8 Å². The average molecular weight is 338 g/mol. The van der Waals surface area contributed by atoms with Gasteiger partial charge in [0.1, 0.15) is 0 Å². The van der Waals surface area contributed by atoms with Crippen LogP contribution in [0.3, 0.4) is 0 Å². The molecule has 0 unspecified atom stereocenters. The fraction of sp³-hybridized carbons (Fsp3) is 0.500. The van der Waals surface area contributed by atoms with E-state index < -0.39 is 44.2 Å². The first-order chi connectivity index (χ1) is 7.78. The summed E-state index contributed by atoms with van der Waals surface area (Å²) in [5.74, 6) is -5.02. The van der Waals surface area contributed by atoms with Crippen molar-refractivity contribution in [1.29, 1.82) is 0 Å². The van der Waals surface area contributed by atoms with E-state index in [1.165, 1.54) is 0 Å². The summed E-state index contributed by atoms with van der Waals surface area (Å²) < 4.78 is 8.88. The molecule has 14 heteroatoms. The van der Waals surface area contributed by atoms with Crippen LogP contribution in [-0.4, -0.2) is 118 Å². The van der Waals surface area contributed by atoms with Gasteiger partial charge in [0.25, 0.3) is 0 Å². The molecule has 0 amide bonds. The van der Waals surface area contributed by atoms with Crippen LogP contribution in [0, 0.1) is 0 Å². The Morgan fingerprint density at radius 3 is 1.15 bits per heavy atom. The molecule has 0 aliphatic carbocycles. The first kappa shape index (κ1) is 28.6. The quantitative estimate of drug-likeness (QED) is 0.193. The van der Waals surface area contributed by atoms with Gasteiger partial charge in [-0.2, -0.15) is 0 Å². The Labute approximate surface area is 156 Å². The van der Waals surface area contributed by atoms with Crippen molar-refractivity contribution in [2.75, 3.05) is 0 Å². The summed E-state index contributed by atoms with van der Waals surface area (Å²) in [6, 6.07) is 0. The van der Waals surface area contributed by atoms with Crippen molar-refractivity contribution < 1.29 is 54.1 Å². The molecule has 0 bridgehead atoms. The molecule has 0 spiro atoms. The van der Waals surface area contributed by atoms with Crippen molar-refractivity contribution >= 4 is 84.8 Å². The maximum absolute atomic E-state index is 10.3. The van der Waals surface area contributed by atoms with Crippen LogP contribution in [0.1, 0.15) is 12.8 Å². The third kappa shape index (κ3) is 20.8. The number of hydrogen-bond acceptors (Lipinski definition) is 5. The minimum atomic E-state index is -4.64. The van der Waals surface area contributed by atoms with Crippen LogP contribution in [-0.2, 0) is 18.9 Å². The van der Waals surface area contributed by atoms with Crippen molar-refractivity contribution in [1.82, 2.24) is 0 Å². The molecule has 7 N–H and O–H groups in total. The number of phosphoric acid groups is 1. The molecule has 0 aromatic rings. The molecule has 0 aromatic heterocycles. The Balaban J connectivity index is -0.000000158. The average Bonchev–Trinajstić information content (AvgIpc) is 1.95. The molecule has 0 aliphatic rings. The molecular weight excluding hydrogens is 325 g/mol. The van der Waals surface area contributed by atoms with Gasteiger partial charge >= 0.3 is 84.8 Å². The van der Waals surface area contributed by atoms with E-state index in [2.05, 4.69) is 0 Å². The molecule has 0 rings (SSSR count). The summed E-state index contributed by atoms with van der Waals surface area (Å²) in [7, 11) is -4.64. The number of carboxylic acid groups (broad SMARTS) is 3. The molecule has 0 radical (unpaired) electrons. The zero-order chi connectivity index (χ0) is 15.1. The van der Waals surface area contributed by atoms with E-state index in [-0.39, 0.29) is 59.1 Å². The second-order valence-electron chi connectivity index (χ2n) is 2.99. The van der Waals surface area contributed by atoms with Gasteiger partial charge in [-0.25, -0.2) is 9.36 Å². The molecule has 0 atom stereocenters. The predicted molar refractivity (Wildman–Crippen MR) is 65.7 cm³/mol. The number of hydrogen-bond donors (Lipinski definition) is 7. The Bertz CT molecular complexity index is 353. The van der Waals surface area contributed by atoms with Crippen LogP contribution in [0.4, 0.5) is 0 Å². The molecule has 0 saturated heterocycles. The molecule has 0 aliphatic heterocycles. The third-order valence-corrected chi connectivity index (χ3v) is 1.29. The van der Waals surface area contributed by atoms with Gasteiger partial charge in [0.2, 0.25) is 0 Å². The fourth-order valence-electron chi connectivity index (χ4n) is 0.714. The van der Waals surface area contributed by atoms with Crippen molar-refractivity contribution in [3.8, 4) is 0 Å².